The molecule has 0 unspecified atom stereocenters. The van der Waals surface area contributed by atoms with Gasteiger partial charge in [0.1, 0.15) is 6.54 Å². The molecule has 2 amide bonds. The summed E-state index contributed by atoms with van der Waals surface area (Å²) in [7, 11) is 0. The SMILES string of the molecule is O=C(CN1C(=O)C(=Cc2ccc(C(F)(F)F)cc2)Sc2ccccc21)NCCN1CCOCC1. The van der Waals surface area contributed by atoms with Crippen LogP contribution in [0.2, 0.25) is 0 Å². The zero-order chi connectivity index (χ0) is 24.1. The van der Waals surface area contributed by atoms with E-state index in [0.717, 1.165) is 30.1 Å². The molecule has 0 radical (unpaired) electrons. The number of fused-ring (bicyclic) bond motifs is 1. The molecule has 1 N–H and O–H groups in total. The smallest absolute Gasteiger partial charge is 0.379 e. The zero-order valence-corrected chi connectivity index (χ0v) is 19.1. The van der Waals surface area contributed by atoms with Crippen molar-refractivity contribution in [1.82, 2.24) is 10.2 Å². The molecule has 4 rings (SSSR count). The average Bonchev–Trinajstić information content (AvgIpc) is 2.82. The minimum absolute atomic E-state index is 0.149. The van der Waals surface area contributed by atoms with E-state index in [-0.39, 0.29) is 18.4 Å². The number of morpholine rings is 1. The number of ether oxygens (including phenoxy) is 1. The molecule has 2 aliphatic rings. The lowest BCUT2D eigenvalue weighted by atomic mass is 10.1. The van der Waals surface area contributed by atoms with Crippen LogP contribution in [-0.2, 0) is 20.5 Å². The van der Waals surface area contributed by atoms with E-state index in [0.29, 0.717) is 42.5 Å². The van der Waals surface area contributed by atoms with Crippen LogP contribution in [0.1, 0.15) is 11.1 Å². The maximum atomic E-state index is 13.2. The summed E-state index contributed by atoms with van der Waals surface area (Å²) in [6, 6.07) is 11.9. The normalized spacial score (nSPS) is 18.1. The highest BCUT2D eigenvalue weighted by Crippen LogP contribution is 2.42. The second-order valence-corrected chi connectivity index (χ2v) is 8.98. The highest BCUT2D eigenvalue weighted by atomic mass is 32.2. The number of hydrogen-bond donors (Lipinski definition) is 1. The maximum Gasteiger partial charge on any atom is 0.416 e. The third kappa shape index (κ3) is 5.99. The second-order valence-electron chi connectivity index (χ2n) is 7.89. The molecule has 180 valence electrons. The topological polar surface area (TPSA) is 61.9 Å². The number of nitrogens with one attached hydrogen (secondary N) is 1. The van der Waals surface area contributed by atoms with Crippen LogP contribution in [0.25, 0.3) is 6.08 Å². The molecule has 0 aromatic heterocycles. The first-order chi connectivity index (χ1) is 16.3. The average molecular weight is 492 g/mol. The van der Waals surface area contributed by atoms with E-state index in [9.17, 15) is 22.8 Å². The predicted molar refractivity (Wildman–Crippen MR) is 124 cm³/mol. The molecule has 0 saturated carbocycles. The first kappa shape index (κ1) is 24.3. The number of alkyl halides is 3. The molecule has 0 atom stereocenters. The van der Waals surface area contributed by atoms with Gasteiger partial charge in [0, 0.05) is 31.1 Å². The number of para-hydroxylation sites is 1. The second kappa shape index (κ2) is 10.6. The molecule has 1 fully saturated rings. The number of hydrogen-bond acceptors (Lipinski definition) is 5. The molecule has 0 spiro atoms. The van der Waals surface area contributed by atoms with Gasteiger partial charge >= 0.3 is 6.18 Å². The van der Waals surface area contributed by atoms with E-state index in [1.54, 1.807) is 18.2 Å². The number of halogens is 3. The van der Waals surface area contributed by atoms with Crippen molar-refractivity contribution in [3.8, 4) is 0 Å². The molecule has 2 aliphatic heterocycles. The van der Waals surface area contributed by atoms with Crippen molar-refractivity contribution in [3.05, 3.63) is 64.6 Å². The van der Waals surface area contributed by atoms with Crippen LogP contribution in [0.3, 0.4) is 0 Å². The molecule has 2 aromatic rings. The molecule has 34 heavy (non-hydrogen) atoms. The van der Waals surface area contributed by atoms with Gasteiger partial charge in [-0.15, -0.1) is 0 Å². The van der Waals surface area contributed by atoms with Gasteiger partial charge in [0.15, 0.2) is 0 Å². The summed E-state index contributed by atoms with van der Waals surface area (Å²) in [5.41, 5.74) is 0.349. The lowest BCUT2D eigenvalue weighted by Crippen LogP contribution is -2.45. The van der Waals surface area contributed by atoms with Crippen LogP contribution >= 0.6 is 11.8 Å². The predicted octanol–water partition coefficient (Wildman–Crippen LogP) is 3.63. The minimum Gasteiger partial charge on any atom is -0.379 e. The van der Waals surface area contributed by atoms with Crippen molar-refractivity contribution >= 4 is 35.3 Å². The fraction of sp³-hybridized carbons (Fsp3) is 0.333. The molecule has 10 heteroatoms. The highest BCUT2D eigenvalue weighted by molar-refractivity contribution is 8.04. The Labute approximate surface area is 199 Å². The summed E-state index contributed by atoms with van der Waals surface area (Å²) in [6.45, 7) is 4.02. The monoisotopic (exact) mass is 491 g/mol. The van der Waals surface area contributed by atoms with E-state index >= 15 is 0 Å². The molecule has 1 saturated heterocycles. The first-order valence-corrected chi connectivity index (χ1v) is 11.7. The Bertz CT molecular complexity index is 1070. The van der Waals surface area contributed by atoms with Gasteiger partial charge < -0.3 is 10.1 Å². The van der Waals surface area contributed by atoms with Gasteiger partial charge in [-0.1, -0.05) is 36.0 Å². The Morgan fingerprint density at radius 3 is 2.50 bits per heavy atom. The van der Waals surface area contributed by atoms with Crippen molar-refractivity contribution in [2.45, 2.75) is 11.1 Å². The Kier molecular flexibility index (Phi) is 7.60. The van der Waals surface area contributed by atoms with Crippen LogP contribution in [0, 0.1) is 0 Å². The number of carbonyl (C=O) groups is 2. The van der Waals surface area contributed by atoms with Crippen molar-refractivity contribution in [1.29, 1.82) is 0 Å². The van der Waals surface area contributed by atoms with Gasteiger partial charge in [0.2, 0.25) is 5.91 Å². The Balaban J connectivity index is 1.46. The van der Waals surface area contributed by atoms with Gasteiger partial charge in [-0.3, -0.25) is 19.4 Å². The van der Waals surface area contributed by atoms with E-state index in [2.05, 4.69) is 10.2 Å². The third-order valence-electron chi connectivity index (χ3n) is 5.52. The number of amides is 2. The van der Waals surface area contributed by atoms with E-state index in [1.807, 2.05) is 12.1 Å². The van der Waals surface area contributed by atoms with E-state index in [4.69, 9.17) is 4.74 Å². The van der Waals surface area contributed by atoms with Crippen molar-refractivity contribution in [2.75, 3.05) is 50.8 Å². The fourth-order valence-electron chi connectivity index (χ4n) is 3.72. The Hall–Kier alpha value is -2.82. The minimum atomic E-state index is -4.42. The van der Waals surface area contributed by atoms with Crippen LogP contribution in [0.4, 0.5) is 18.9 Å². The molecule has 0 aliphatic carbocycles. The molecule has 6 nitrogen and oxygen atoms in total. The van der Waals surface area contributed by atoms with Gasteiger partial charge in [-0.2, -0.15) is 13.2 Å². The van der Waals surface area contributed by atoms with E-state index < -0.39 is 11.7 Å². The fourth-order valence-corrected chi connectivity index (χ4v) is 4.78. The van der Waals surface area contributed by atoms with Crippen LogP contribution in [0.5, 0.6) is 0 Å². The summed E-state index contributed by atoms with van der Waals surface area (Å²) < 4.78 is 43.9. The van der Waals surface area contributed by atoms with Crippen molar-refractivity contribution in [3.63, 3.8) is 0 Å². The summed E-state index contributed by atoms with van der Waals surface area (Å²) in [5, 5.41) is 2.87. The highest BCUT2D eigenvalue weighted by Gasteiger charge is 2.31. The quantitative estimate of drug-likeness (QED) is 0.626. The number of rotatable bonds is 6. The standard InChI is InChI=1S/C24H24F3N3O3S/c25-24(26,27)18-7-5-17(6-8-18)15-21-23(32)30(19-3-1-2-4-20(19)34-21)16-22(31)28-9-10-29-11-13-33-14-12-29/h1-8,15H,9-14,16H2,(H,28,31). The summed E-state index contributed by atoms with van der Waals surface area (Å²) in [4.78, 5) is 30.6. The molecular weight excluding hydrogens is 467 g/mol. The van der Waals surface area contributed by atoms with Gasteiger partial charge in [-0.05, 0) is 35.9 Å². The zero-order valence-electron chi connectivity index (χ0n) is 18.3. The number of benzene rings is 2. The summed E-state index contributed by atoms with van der Waals surface area (Å²) >= 11 is 1.23. The number of thioether (sulfide) groups is 1. The molecule has 2 aromatic carbocycles. The van der Waals surface area contributed by atoms with Crippen LogP contribution in [-0.4, -0.2) is 62.7 Å². The Morgan fingerprint density at radius 2 is 1.79 bits per heavy atom. The van der Waals surface area contributed by atoms with Gasteiger partial charge in [0.25, 0.3) is 5.91 Å². The number of carbonyl (C=O) groups excluding carboxylic acids is 2. The first-order valence-electron chi connectivity index (χ1n) is 10.9. The third-order valence-corrected chi connectivity index (χ3v) is 6.60. The number of anilines is 1. The number of nitrogens with zero attached hydrogens (tertiary/aromatic N) is 2. The molecular formula is C24H24F3N3O3S. The lowest BCUT2D eigenvalue weighted by Gasteiger charge is -2.30. The molecule has 0 bridgehead atoms. The summed E-state index contributed by atoms with van der Waals surface area (Å²) in [5.74, 6) is -0.649. The Morgan fingerprint density at radius 1 is 1.09 bits per heavy atom. The van der Waals surface area contributed by atoms with Crippen LogP contribution in [0.15, 0.2) is 58.3 Å². The van der Waals surface area contributed by atoms with Gasteiger partial charge in [-0.25, -0.2) is 0 Å². The van der Waals surface area contributed by atoms with Crippen LogP contribution < -0.4 is 10.2 Å². The summed E-state index contributed by atoms with van der Waals surface area (Å²) in [6.07, 6.45) is -2.88. The van der Waals surface area contributed by atoms with Crippen molar-refractivity contribution < 1.29 is 27.5 Å². The largest absolute Gasteiger partial charge is 0.416 e. The van der Waals surface area contributed by atoms with E-state index in [1.165, 1.54) is 28.8 Å². The van der Waals surface area contributed by atoms with Gasteiger partial charge in [0.05, 0.1) is 29.4 Å². The lowest BCUT2D eigenvalue weighted by molar-refractivity contribution is -0.137. The van der Waals surface area contributed by atoms with Crippen molar-refractivity contribution in [2.24, 2.45) is 0 Å². The molecule has 2 heterocycles. The maximum absolute atomic E-state index is 13.2.